The van der Waals surface area contributed by atoms with Crippen molar-refractivity contribution >= 4 is 0 Å². The van der Waals surface area contributed by atoms with Crippen molar-refractivity contribution in [3.63, 3.8) is 0 Å². The van der Waals surface area contributed by atoms with Crippen molar-refractivity contribution in [3.8, 4) is 0 Å². The molecule has 0 aromatic heterocycles. The van der Waals surface area contributed by atoms with E-state index in [1.165, 1.54) is 5.57 Å². The number of nitrogens with one attached hydrogen (secondary N) is 1. The molecule has 0 rings (SSSR count). The highest BCUT2D eigenvalue weighted by Gasteiger charge is 1.94. The molecule has 10 heavy (non-hydrogen) atoms. The van der Waals surface area contributed by atoms with E-state index in [1.807, 2.05) is 0 Å². The van der Waals surface area contributed by atoms with E-state index in [2.05, 4.69) is 46.1 Å². The summed E-state index contributed by atoms with van der Waals surface area (Å²) in [6.45, 7) is 10.8. The minimum Gasteiger partial charge on any atom is -0.389 e. The molecule has 1 heteroatoms. The predicted molar refractivity (Wildman–Crippen MR) is 46.9 cm³/mol. The summed E-state index contributed by atoms with van der Waals surface area (Å²) in [5.74, 6) is 0.659. The first-order chi connectivity index (χ1) is 4.54. The Morgan fingerprint density at radius 2 is 1.70 bits per heavy atom. The third-order valence-corrected chi connectivity index (χ3v) is 1.56. The average molecular weight is 141 g/mol. The first kappa shape index (κ1) is 9.54. The molecular formula is C9H19N. The molecule has 0 radical (unpaired) electrons. The maximum Gasteiger partial charge on any atom is 0.0199 e. The first-order valence-corrected chi connectivity index (χ1v) is 3.96. The van der Waals surface area contributed by atoms with Gasteiger partial charge in [0.05, 0.1) is 0 Å². The van der Waals surface area contributed by atoms with Crippen LogP contribution in [0.25, 0.3) is 0 Å². The molecule has 0 bridgehead atoms. The topological polar surface area (TPSA) is 12.0 Å². The van der Waals surface area contributed by atoms with Crippen molar-refractivity contribution in [1.82, 2.24) is 5.32 Å². The lowest BCUT2D eigenvalue weighted by Crippen LogP contribution is -2.16. The van der Waals surface area contributed by atoms with Gasteiger partial charge in [-0.15, -0.1) is 0 Å². The number of hydrogen-bond donors (Lipinski definition) is 1. The zero-order chi connectivity index (χ0) is 8.15. The van der Waals surface area contributed by atoms with Gasteiger partial charge in [-0.3, -0.25) is 0 Å². The van der Waals surface area contributed by atoms with Crippen LogP contribution < -0.4 is 5.32 Å². The molecule has 0 heterocycles. The summed E-state index contributed by atoms with van der Waals surface area (Å²) in [6.07, 6.45) is 2.11. The Kier molecular flexibility index (Phi) is 4.17. The van der Waals surface area contributed by atoms with Crippen LogP contribution in [0, 0.1) is 5.92 Å². The van der Waals surface area contributed by atoms with Crippen LogP contribution in [0.2, 0.25) is 0 Å². The predicted octanol–water partition coefficient (Wildman–Crippen LogP) is 2.54. The molecule has 60 valence electrons. The zero-order valence-electron chi connectivity index (χ0n) is 7.73. The van der Waals surface area contributed by atoms with Crippen molar-refractivity contribution in [2.75, 3.05) is 0 Å². The molecule has 1 nitrogen and oxygen atoms in total. The van der Waals surface area contributed by atoms with Crippen LogP contribution in [-0.4, -0.2) is 6.04 Å². The minimum absolute atomic E-state index is 0.550. The lowest BCUT2D eigenvalue weighted by molar-refractivity contribution is 0.677. The van der Waals surface area contributed by atoms with Crippen LogP contribution in [0.1, 0.15) is 34.6 Å². The van der Waals surface area contributed by atoms with Gasteiger partial charge in [-0.05, 0) is 32.9 Å². The van der Waals surface area contributed by atoms with Crippen LogP contribution in [0.5, 0.6) is 0 Å². The largest absolute Gasteiger partial charge is 0.389 e. The third-order valence-electron chi connectivity index (χ3n) is 1.56. The fraction of sp³-hybridized carbons (Fsp3) is 0.778. The maximum absolute atomic E-state index is 3.26. The van der Waals surface area contributed by atoms with E-state index in [1.54, 1.807) is 0 Å². The summed E-state index contributed by atoms with van der Waals surface area (Å²) in [7, 11) is 0. The molecule has 0 amide bonds. The van der Waals surface area contributed by atoms with E-state index in [4.69, 9.17) is 0 Å². The van der Waals surface area contributed by atoms with Crippen molar-refractivity contribution < 1.29 is 0 Å². The van der Waals surface area contributed by atoms with Gasteiger partial charge in [-0.25, -0.2) is 0 Å². The van der Waals surface area contributed by atoms with Crippen molar-refractivity contribution in [3.05, 3.63) is 11.8 Å². The fourth-order valence-electron chi connectivity index (χ4n) is 0.465. The van der Waals surface area contributed by atoms with E-state index in [-0.39, 0.29) is 0 Å². The van der Waals surface area contributed by atoms with Gasteiger partial charge in [0.1, 0.15) is 0 Å². The molecule has 0 aromatic carbocycles. The molecule has 0 fully saturated rings. The van der Waals surface area contributed by atoms with Gasteiger partial charge in [-0.1, -0.05) is 19.4 Å². The van der Waals surface area contributed by atoms with Crippen molar-refractivity contribution in [2.24, 2.45) is 5.92 Å². The fourth-order valence-corrected chi connectivity index (χ4v) is 0.465. The quantitative estimate of drug-likeness (QED) is 0.637. The van der Waals surface area contributed by atoms with E-state index >= 15 is 0 Å². The van der Waals surface area contributed by atoms with Gasteiger partial charge in [-0.2, -0.15) is 0 Å². The molecule has 0 unspecified atom stereocenters. The second kappa shape index (κ2) is 4.37. The Morgan fingerprint density at radius 1 is 1.20 bits per heavy atom. The lowest BCUT2D eigenvalue weighted by Gasteiger charge is -2.08. The Hall–Kier alpha value is -0.460. The van der Waals surface area contributed by atoms with E-state index in [0.29, 0.717) is 12.0 Å². The van der Waals surface area contributed by atoms with E-state index in [0.717, 1.165) is 0 Å². The van der Waals surface area contributed by atoms with Gasteiger partial charge >= 0.3 is 0 Å². The Morgan fingerprint density at radius 3 is 2.00 bits per heavy atom. The zero-order valence-corrected chi connectivity index (χ0v) is 7.73. The minimum atomic E-state index is 0.550. The molecule has 0 aromatic rings. The van der Waals surface area contributed by atoms with Gasteiger partial charge < -0.3 is 5.32 Å². The lowest BCUT2D eigenvalue weighted by atomic mass is 10.1. The maximum atomic E-state index is 3.26. The molecule has 0 saturated carbocycles. The molecule has 0 aliphatic rings. The van der Waals surface area contributed by atoms with Crippen LogP contribution in [0.15, 0.2) is 11.8 Å². The summed E-state index contributed by atoms with van der Waals surface area (Å²) >= 11 is 0. The van der Waals surface area contributed by atoms with Gasteiger partial charge in [0.15, 0.2) is 0 Å². The summed E-state index contributed by atoms with van der Waals surface area (Å²) in [5.41, 5.74) is 1.41. The smallest absolute Gasteiger partial charge is 0.0199 e. The van der Waals surface area contributed by atoms with E-state index < -0.39 is 0 Å². The van der Waals surface area contributed by atoms with Crippen molar-refractivity contribution in [2.45, 2.75) is 40.7 Å². The van der Waals surface area contributed by atoms with Gasteiger partial charge in [0, 0.05) is 6.04 Å². The highest BCUT2D eigenvalue weighted by atomic mass is 14.9. The molecule has 0 aliphatic heterocycles. The van der Waals surface area contributed by atoms with E-state index in [9.17, 15) is 0 Å². The van der Waals surface area contributed by atoms with Crippen LogP contribution in [0.3, 0.4) is 0 Å². The molecule has 0 spiro atoms. The second-order valence-corrected chi connectivity index (χ2v) is 3.36. The van der Waals surface area contributed by atoms with Crippen molar-refractivity contribution in [1.29, 1.82) is 0 Å². The van der Waals surface area contributed by atoms with Crippen LogP contribution in [-0.2, 0) is 0 Å². The number of allylic oxidation sites excluding steroid dienone is 1. The summed E-state index contributed by atoms with van der Waals surface area (Å²) in [4.78, 5) is 0. The first-order valence-electron chi connectivity index (χ1n) is 3.96. The highest BCUT2D eigenvalue weighted by Crippen LogP contribution is 2.05. The van der Waals surface area contributed by atoms with Gasteiger partial charge in [0.2, 0.25) is 0 Å². The molecule has 0 saturated heterocycles. The average Bonchev–Trinajstić information content (AvgIpc) is 1.82. The molecule has 0 atom stereocenters. The Balaban J connectivity index is 3.69. The SMILES string of the molecule is C/C(=C/NC(C)C)C(C)C. The summed E-state index contributed by atoms with van der Waals surface area (Å²) in [6, 6.07) is 0.550. The molecule has 0 aliphatic carbocycles. The monoisotopic (exact) mass is 141 g/mol. The third kappa shape index (κ3) is 4.42. The summed E-state index contributed by atoms with van der Waals surface area (Å²) < 4.78 is 0. The highest BCUT2D eigenvalue weighted by molar-refractivity contribution is 4.99. The molecule has 1 N–H and O–H groups in total. The molecular weight excluding hydrogens is 122 g/mol. The Bertz CT molecular complexity index is 112. The van der Waals surface area contributed by atoms with Crippen LogP contribution in [0.4, 0.5) is 0 Å². The number of rotatable bonds is 3. The number of hydrogen-bond acceptors (Lipinski definition) is 1. The second-order valence-electron chi connectivity index (χ2n) is 3.36. The standard InChI is InChI=1S/C9H19N/c1-7(2)9(5)6-10-8(3)4/h6-8,10H,1-5H3/b9-6-. The van der Waals surface area contributed by atoms with Gasteiger partial charge in [0.25, 0.3) is 0 Å². The normalized spacial score (nSPS) is 12.9. The Labute approximate surface area is 64.5 Å². The van der Waals surface area contributed by atoms with Crippen LogP contribution >= 0.6 is 0 Å². The summed E-state index contributed by atoms with van der Waals surface area (Å²) in [5, 5.41) is 3.26.